The summed E-state index contributed by atoms with van der Waals surface area (Å²) < 4.78 is 12.4. The molecular formula is C20H19ClN4O4. The van der Waals surface area contributed by atoms with E-state index < -0.39 is 11.5 Å². The van der Waals surface area contributed by atoms with Crippen LogP contribution in [0.15, 0.2) is 48.7 Å². The van der Waals surface area contributed by atoms with Crippen LogP contribution in [0.2, 0.25) is 5.02 Å². The number of amides is 1. The van der Waals surface area contributed by atoms with Crippen molar-refractivity contribution in [2.24, 2.45) is 0 Å². The molecule has 1 aliphatic heterocycles. The lowest BCUT2D eigenvalue weighted by Crippen LogP contribution is -2.42. The summed E-state index contributed by atoms with van der Waals surface area (Å²) in [6.07, 6.45) is 1.63. The number of carbonyl (C=O) groups excluding carboxylic acids is 1. The molecule has 0 spiro atoms. The smallest absolute Gasteiger partial charge is 0.265 e. The molecule has 1 amide bonds. The Balaban J connectivity index is 1.52. The first kappa shape index (κ1) is 19.2. The van der Waals surface area contributed by atoms with E-state index in [-0.39, 0.29) is 13.2 Å². The Hall–Kier alpha value is -3.10. The predicted molar refractivity (Wildman–Crippen MR) is 106 cm³/mol. The lowest BCUT2D eigenvalue weighted by atomic mass is 9.95. The summed E-state index contributed by atoms with van der Waals surface area (Å²) >= 11 is 6.07. The van der Waals surface area contributed by atoms with Gasteiger partial charge in [-0.15, -0.1) is 5.10 Å². The monoisotopic (exact) mass is 414 g/mol. The van der Waals surface area contributed by atoms with Gasteiger partial charge in [0.1, 0.15) is 12.3 Å². The fraction of sp³-hybridized carbons (Fsp3) is 0.250. The number of ether oxygens (including phenoxy) is 2. The molecule has 2 aromatic carbocycles. The number of aromatic nitrogens is 3. The van der Waals surface area contributed by atoms with E-state index in [1.807, 2.05) is 12.1 Å². The molecule has 0 fully saturated rings. The third-order valence-electron chi connectivity index (χ3n) is 4.85. The van der Waals surface area contributed by atoms with Crippen LogP contribution in [-0.2, 0) is 23.5 Å². The molecule has 0 aliphatic carbocycles. The molecule has 1 atom stereocenters. The summed E-state index contributed by atoms with van der Waals surface area (Å²) in [4.78, 5) is 14.1. The van der Waals surface area contributed by atoms with Gasteiger partial charge in [-0.25, -0.2) is 4.68 Å². The second-order valence-electron chi connectivity index (χ2n) is 6.73. The zero-order valence-corrected chi connectivity index (χ0v) is 16.6. The maximum absolute atomic E-state index is 12.7. The molecule has 1 N–H and O–H groups in total. The molecule has 150 valence electrons. The van der Waals surface area contributed by atoms with Crippen molar-refractivity contribution in [2.75, 3.05) is 19.1 Å². The number of hydrogen-bond donors (Lipinski definition) is 1. The third kappa shape index (κ3) is 3.41. The molecular weight excluding hydrogens is 396 g/mol. The van der Waals surface area contributed by atoms with Gasteiger partial charge in [-0.3, -0.25) is 4.79 Å². The average Bonchev–Trinajstić information content (AvgIpc) is 3.24. The van der Waals surface area contributed by atoms with Crippen molar-refractivity contribution >= 4 is 23.2 Å². The molecule has 4 rings (SSSR count). The summed E-state index contributed by atoms with van der Waals surface area (Å²) in [5, 5.41) is 19.7. The highest BCUT2D eigenvalue weighted by atomic mass is 35.5. The van der Waals surface area contributed by atoms with Crippen LogP contribution < -0.4 is 14.4 Å². The van der Waals surface area contributed by atoms with Gasteiger partial charge in [0, 0.05) is 17.6 Å². The van der Waals surface area contributed by atoms with Gasteiger partial charge in [0.25, 0.3) is 5.91 Å². The van der Waals surface area contributed by atoms with Crippen molar-refractivity contribution in [2.45, 2.75) is 18.8 Å². The van der Waals surface area contributed by atoms with Gasteiger partial charge in [0.2, 0.25) is 0 Å². The highest BCUT2D eigenvalue weighted by Gasteiger charge is 2.49. The van der Waals surface area contributed by atoms with Crippen molar-refractivity contribution in [1.82, 2.24) is 15.0 Å². The van der Waals surface area contributed by atoms with Crippen LogP contribution in [0.4, 0.5) is 5.69 Å². The van der Waals surface area contributed by atoms with Gasteiger partial charge >= 0.3 is 0 Å². The number of hydrogen-bond acceptors (Lipinski definition) is 6. The van der Waals surface area contributed by atoms with Crippen LogP contribution in [0.25, 0.3) is 0 Å². The second kappa shape index (κ2) is 7.38. The summed E-state index contributed by atoms with van der Waals surface area (Å²) in [5.74, 6) is 0.749. The fourth-order valence-corrected chi connectivity index (χ4v) is 3.57. The first-order valence-electron chi connectivity index (χ1n) is 8.88. The molecule has 0 saturated heterocycles. The number of carbonyl (C=O) groups is 1. The zero-order valence-electron chi connectivity index (χ0n) is 15.9. The van der Waals surface area contributed by atoms with Crippen molar-refractivity contribution in [3.8, 4) is 11.5 Å². The molecule has 0 unspecified atom stereocenters. The topological polar surface area (TPSA) is 89.7 Å². The van der Waals surface area contributed by atoms with E-state index in [4.69, 9.17) is 21.1 Å². The van der Waals surface area contributed by atoms with Crippen molar-refractivity contribution in [1.29, 1.82) is 0 Å². The number of nitrogens with zero attached hydrogens (tertiary/aromatic N) is 4. The fourth-order valence-electron chi connectivity index (χ4n) is 3.39. The van der Waals surface area contributed by atoms with Crippen LogP contribution in [0, 0.1) is 0 Å². The molecule has 0 saturated carbocycles. The van der Waals surface area contributed by atoms with Crippen molar-refractivity contribution in [3.05, 3.63) is 64.9 Å². The molecule has 1 aliphatic rings. The Morgan fingerprint density at radius 2 is 1.97 bits per heavy atom. The molecule has 9 heteroatoms. The Morgan fingerprint density at radius 1 is 1.21 bits per heavy atom. The van der Waals surface area contributed by atoms with E-state index in [1.54, 1.807) is 50.7 Å². The summed E-state index contributed by atoms with van der Waals surface area (Å²) in [6.45, 7) is 0.0697. The normalized spacial score (nSPS) is 18.1. The van der Waals surface area contributed by atoms with Crippen LogP contribution in [0.1, 0.15) is 11.3 Å². The molecule has 8 nitrogen and oxygen atoms in total. The van der Waals surface area contributed by atoms with Crippen LogP contribution in [-0.4, -0.2) is 40.2 Å². The minimum atomic E-state index is -1.77. The Kier molecular flexibility index (Phi) is 4.89. The number of benzene rings is 2. The van der Waals surface area contributed by atoms with E-state index in [9.17, 15) is 9.90 Å². The minimum Gasteiger partial charge on any atom is -0.493 e. The summed E-state index contributed by atoms with van der Waals surface area (Å²) in [7, 11) is 3.18. The van der Waals surface area contributed by atoms with Gasteiger partial charge in [-0.2, -0.15) is 0 Å². The molecule has 0 bridgehead atoms. The van der Waals surface area contributed by atoms with E-state index in [2.05, 4.69) is 10.3 Å². The van der Waals surface area contributed by atoms with Gasteiger partial charge in [0.05, 0.1) is 25.5 Å². The second-order valence-corrected chi connectivity index (χ2v) is 7.17. The molecule has 0 radical (unpaired) electrons. The number of aliphatic hydroxyl groups is 1. The Labute approximate surface area is 172 Å². The largest absolute Gasteiger partial charge is 0.493 e. The van der Waals surface area contributed by atoms with E-state index >= 15 is 0 Å². The van der Waals surface area contributed by atoms with Gasteiger partial charge < -0.3 is 19.5 Å². The number of fused-ring (bicyclic) bond motifs is 1. The zero-order chi connectivity index (χ0) is 20.6. The lowest BCUT2D eigenvalue weighted by molar-refractivity contribution is -0.137. The Morgan fingerprint density at radius 3 is 2.72 bits per heavy atom. The van der Waals surface area contributed by atoms with Crippen molar-refractivity contribution < 1.29 is 19.4 Å². The van der Waals surface area contributed by atoms with Crippen molar-refractivity contribution in [3.63, 3.8) is 0 Å². The molecule has 3 aromatic rings. The highest BCUT2D eigenvalue weighted by molar-refractivity contribution is 6.31. The third-order valence-corrected chi connectivity index (χ3v) is 5.08. The number of rotatable bonds is 6. The summed E-state index contributed by atoms with van der Waals surface area (Å²) in [6, 6.07) is 12.3. The van der Waals surface area contributed by atoms with E-state index in [0.29, 0.717) is 33.5 Å². The number of methoxy groups -OCH3 is 1. The number of para-hydroxylation sites is 2. The minimum absolute atomic E-state index is 0.0921. The first-order valence-corrected chi connectivity index (χ1v) is 9.25. The maximum Gasteiger partial charge on any atom is 0.265 e. The number of halogens is 1. The predicted octanol–water partition coefficient (Wildman–Crippen LogP) is 2.38. The van der Waals surface area contributed by atoms with Crippen LogP contribution in [0.5, 0.6) is 11.5 Å². The van der Waals surface area contributed by atoms with Crippen LogP contribution >= 0.6 is 11.6 Å². The van der Waals surface area contributed by atoms with Gasteiger partial charge in [0.15, 0.2) is 17.1 Å². The quantitative estimate of drug-likeness (QED) is 0.666. The maximum atomic E-state index is 12.7. The van der Waals surface area contributed by atoms with Gasteiger partial charge in [-0.05, 0) is 30.3 Å². The lowest BCUT2D eigenvalue weighted by Gasteiger charge is -2.21. The Bertz CT molecular complexity index is 1070. The molecule has 2 heterocycles. The first-order chi connectivity index (χ1) is 13.9. The van der Waals surface area contributed by atoms with Gasteiger partial charge in [-0.1, -0.05) is 28.9 Å². The van der Waals surface area contributed by atoms with Crippen LogP contribution in [0.3, 0.4) is 0 Å². The van der Waals surface area contributed by atoms with E-state index in [1.165, 1.54) is 9.58 Å². The number of likely N-dealkylation sites (N-methyl/N-ethyl adjacent to an activating group) is 1. The molecule has 1 aromatic heterocycles. The highest BCUT2D eigenvalue weighted by Crippen LogP contribution is 2.41. The standard InChI is InChI=1S/C20H19ClN4O4/c1-24-16-8-7-13(21)9-15(16)20(27,19(24)26)12-25-10-14(22-23-25)11-29-18-6-4-3-5-17(18)28-2/h3-10,27H,11-12H2,1-2H3/t20-/m0/s1. The molecule has 29 heavy (non-hydrogen) atoms. The summed E-state index contributed by atoms with van der Waals surface area (Å²) in [5.41, 5.74) is -0.171. The SMILES string of the molecule is COc1ccccc1OCc1cn(C[C@@]2(O)C(=O)N(C)c3ccc(Cl)cc32)nn1. The van der Waals surface area contributed by atoms with E-state index in [0.717, 1.165) is 0 Å². The average molecular weight is 415 g/mol. The number of anilines is 1.